The molecule has 0 amide bonds. The summed E-state index contributed by atoms with van der Waals surface area (Å²) in [6, 6.07) is 0. The van der Waals surface area contributed by atoms with Crippen LogP contribution in [0.4, 0.5) is 8.78 Å². The molecule has 1 rings (SSSR count). The molecule has 0 bridgehead atoms. The summed E-state index contributed by atoms with van der Waals surface area (Å²) in [5.74, 6) is -1.34. The lowest BCUT2D eigenvalue weighted by atomic mass is 10.3. The van der Waals surface area contributed by atoms with E-state index in [1.165, 1.54) is 0 Å². The molecule has 0 saturated carbocycles. The number of rotatable bonds is 2. The van der Waals surface area contributed by atoms with Gasteiger partial charge in [0.25, 0.3) is 15.5 Å². The molecule has 0 radical (unpaired) electrons. The molecule has 0 saturated heterocycles. The Kier molecular flexibility index (Phi) is 3.00. The number of hydrogen-bond acceptors (Lipinski definition) is 4. The molecule has 0 unspecified atom stereocenters. The summed E-state index contributed by atoms with van der Waals surface area (Å²) in [4.78, 5) is 12.8. The number of hydrogen-bond donors (Lipinski definition) is 2. The highest BCUT2D eigenvalue weighted by atomic mass is 35.7. The van der Waals surface area contributed by atoms with Crippen LogP contribution in [-0.2, 0) is 9.05 Å². The van der Waals surface area contributed by atoms with Crippen molar-refractivity contribution >= 4 is 19.7 Å². The molecule has 5 nitrogen and oxygen atoms in total. The zero-order chi connectivity index (χ0) is 11.8. The van der Waals surface area contributed by atoms with Gasteiger partial charge in [0.15, 0.2) is 5.03 Å². The van der Waals surface area contributed by atoms with Crippen LogP contribution < -0.4 is 5.43 Å². The zero-order valence-corrected chi connectivity index (χ0v) is 8.44. The minimum atomic E-state index is -4.38. The standard InChI is InChI=1S/C6H4ClF2NO4S/c7-15(13,14)6-4(12)3(11)2(1-10-6)5(8)9/h1,5,12H,(H,10,11). The highest BCUT2D eigenvalue weighted by Crippen LogP contribution is 2.23. The van der Waals surface area contributed by atoms with E-state index in [1.807, 2.05) is 4.98 Å². The van der Waals surface area contributed by atoms with Crippen molar-refractivity contribution < 1.29 is 22.3 Å². The molecule has 1 heterocycles. The van der Waals surface area contributed by atoms with Gasteiger partial charge in [-0.1, -0.05) is 0 Å². The number of aromatic nitrogens is 1. The topological polar surface area (TPSA) is 87.2 Å². The molecule has 9 heteroatoms. The molecule has 1 aromatic rings. The number of nitrogens with one attached hydrogen (secondary N) is 1. The summed E-state index contributed by atoms with van der Waals surface area (Å²) >= 11 is 0. The van der Waals surface area contributed by atoms with E-state index in [-0.39, 0.29) is 0 Å². The van der Waals surface area contributed by atoms with Crippen molar-refractivity contribution in [3.05, 3.63) is 22.0 Å². The van der Waals surface area contributed by atoms with Crippen molar-refractivity contribution in [1.29, 1.82) is 0 Å². The number of pyridine rings is 1. The quantitative estimate of drug-likeness (QED) is 0.774. The third kappa shape index (κ3) is 2.26. The highest BCUT2D eigenvalue weighted by Gasteiger charge is 2.23. The molecule has 2 N–H and O–H groups in total. The first-order valence-electron chi connectivity index (χ1n) is 3.42. The Balaban J connectivity index is 3.56. The molecule has 0 atom stereocenters. The maximum Gasteiger partial charge on any atom is 0.280 e. The SMILES string of the molecule is O=c1c(C(F)F)c[nH]c(S(=O)(=O)Cl)c1O. The van der Waals surface area contributed by atoms with Crippen LogP contribution in [0.15, 0.2) is 16.0 Å². The second-order valence-corrected chi connectivity index (χ2v) is 4.99. The van der Waals surface area contributed by atoms with Crippen LogP contribution >= 0.6 is 10.7 Å². The van der Waals surface area contributed by atoms with Gasteiger partial charge in [0, 0.05) is 16.9 Å². The third-order valence-electron chi connectivity index (χ3n) is 1.53. The van der Waals surface area contributed by atoms with Crippen LogP contribution in [0.25, 0.3) is 0 Å². The predicted octanol–water partition coefficient (Wildman–Crippen LogP) is 0.946. The Hall–Kier alpha value is -1.15. The van der Waals surface area contributed by atoms with E-state index in [4.69, 9.17) is 15.8 Å². The molecule has 84 valence electrons. The fourth-order valence-electron chi connectivity index (χ4n) is 0.865. The summed E-state index contributed by atoms with van der Waals surface area (Å²) in [5, 5.41) is 8.02. The molecule has 15 heavy (non-hydrogen) atoms. The van der Waals surface area contributed by atoms with Gasteiger partial charge in [-0.25, -0.2) is 17.2 Å². The largest absolute Gasteiger partial charge is 0.502 e. The van der Waals surface area contributed by atoms with Crippen molar-refractivity contribution in [3.63, 3.8) is 0 Å². The minimum absolute atomic E-state index is 0.488. The van der Waals surface area contributed by atoms with Gasteiger partial charge in [-0.3, -0.25) is 4.79 Å². The van der Waals surface area contributed by atoms with E-state index < -0.39 is 37.2 Å². The average molecular weight is 260 g/mol. The maximum atomic E-state index is 12.1. The monoisotopic (exact) mass is 259 g/mol. The highest BCUT2D eigenvalue weighted by molar-refractivity contribution is 8.13. The molecule has 0 aliphatic heterocycles. The van der Waals surface area contributed by atoms with Crippen molar-refractivity contribution in [3.8, 4) is 5.75 Å². The fraction of sp³-hybridized carbons (Fsp3) is 0.167. The molecule has 0 aliphatic carbocycles. The summed E-state index contributed by atoms with van der Waals surface area (Å²) in [5.41, 5.74) is -2.50. The van der Waals surface area contributed by atoms with E-state index in [0.717, 1.165) is 0 Å². The molecule has 0 fully saturated rings. The Labute approximate surface area is 86.7 Å². The molecule has 0 spiro atoms. The van der Waals surface area contributed by atoms with Crippen LogP contribution in [0.1, 0.15) is 12.0 Å². The average Bonchev–Trinajstić information content (AvgIpc) is 2.06. The van der Waals surface area contributed by atoms with Gasteiger partial charge < -0.3 is 10.1 Å². The van der Waals surface area contributed by atoms with Gasteiger partial charge in [-0.2, -0.15) is 0 Å². The van der Waals surface area contributed by atoms with Gasteiger partial charge in [0.2, 0.25) is 11.2 Å². The number of aromatic hydroxyl groups is 1. The first-order valence-corrected chi connectivity index (χ1v) is 5.73. The lowest BCUT2D eigenvalue weighted by Crippen LogP contribution is -2.13. The van der Waals surface area contributed by atoms with E-state index >= 15 is 0 Å². The molecular weight excluding hydrogens is 256 g/mol. The summed E-state index contributed by atoms with van der Waals surface area (Å²) in [6.07, 6.45) is -2.63. The third-order valence-corrected chi connectivity index (χ3v) is 2.79. The van der Waals surface area contributed by atoms with Gasteiger partial charge >= 0.3 is 0 Å². The first-order chi connectivity index (χ1) is 6.75. The Morgan fingerprint density at radius 3 is 2.40 bits per heavy atom. The predicted molar refractivity (Wildman–Crippen MR) is 46.7 cm³/mol. The normalized spacial score (nSPS) is 12.0. The minimum Gasteiger partial charge on any atom is -0.502 e. The number of aromatic amines is 1. The second-order valence-electron chi connectivity index (χ2n) is 2.49. The van der Waals surface area contributed by atoms with Crippen molar-refractivity contribution in [2.45, 2.75) is 11.5 Å². The van der Waals surface area contributed by atoms with Crippen LogP contribution in [0.5, 0.6) is 5.75 Å². The van der Waals surface area contributed by atoms with Crippen molar-refractivity contribution in [1.82, 2.24) is 4.98 Å². The maximum absolute atomic E-state index is 12.1. The van der Waals surface area contributed by atoms with Gasteiger partial charge in [0.1, 0.15) is 0 Å². The Morgan fingerprint density at radius 1 is 1.47 bits per heavy atom. The summed E-state index contributed by atoms with van der Waals surface area (Å²) < 4.78 is 45.7. The lowest BCUT2D eigenvalue weighted by Gasteiger charge is -2.03. The van der Waals surface area contributed by atoms with Crippen molar-refractivity contribution in [2.24, 2.45) is 0 Å². The van der Waals surface area contributed by atoms with Crippen LogP contribution in [0, 0.1) is 0 Å². The van der Waals surface area contributed by atoms with Crippen molar-refractivity contribution in [2.75, 3.05) is 0 Å². The lowest BCUT2D eigenvalue weighted by molar-refractivity contribution is 0.149. The molecular formula is C6H4ClF2NO4S. The molecule has 0 aromatic carbocycles. The first kappa shape index (κ1) is 11.9. The van der Waals surface area contributed by atoms with Crippen LogP contribution in [0.2, 0.25) is 0 Å². The van der Waals surface area contributed by atoms with E-state index in [1.54, 1.807) is 0 Å². The van der Waals surface area contributed by atoms with E-state index in [9.17, 15) is 22.0 Å². The van der Waals surface area contributed by atoms with Gasteiger partial charge in [-0.15, -0.1) is 0 Å². The molecule has 0 aliphatic rings. The smallest absolute Gasteiger partial charge is 0.280 e. The summed E-state index contributed by atoms with van der Waals surface area (Å²) in [6.45, 7) is 0. The Morgan fingerprint density at radius 2 is 2.00 bits per heavy atom. The number of halogens is 3. The van der Waals surface area contributed by atoms with E-state index in [2.05, 4.69) is 0 Å². The zero-order valence-electron chi connectivity index (χ0n) is 6.87. The second kappa shape index (κ2) is 3.78. The number of H-pyrrole nitrogens is 1. The molecule has 1 aromatic heterocycles. The Bertz CT molecular complexity index is 539. The fourth-order valence-corrected chi connectivity index (χ4v) is 1.74. The van der Waals surface area contributed by atoms with Gasteiger partial charge in [0.05, 0.1) is 5.56 Å². The van der Waals surface area contributed by atoms with Gasteiger partial charge in [-0.05, 0) is 0 Å². The van der Waals surface area contributed by atoms with E-state index in [0.29, 0.717) is 6.20 Å². The number of alkyl halides is 2. The van der Waals surface area contributed by atoms with Crippen LogP contribution in [-0.4, -0.2) is 18.5 Å². The van der Waals surface area contributed by atoms with Crippen LogP contribution in [0.3, 0.4) is 0 Å². The summed E-state index contributed by atoms with van der Waals surface area (Å²) in [7, 11) is 0.446.